The molecule has 1 aromatic heterocycles. The summed E-state index contributed by atoms with van der Waals surface area (Å²) in [5.41, 5.74) is 3.18. The van der Waals surface area contributed by atoms with Crippen LogP contribution < -0.4 is 5.32 Å². The summed E-state index contributed by atoms with van der Waals surface area (Å²) in [6, 6.07) is 5.30. The van der Waals surface area contributed by atoms with Gasteiger partial charge in [0.05, 0.1) is 6.42 Å². The topological polar surface area (TPSA) is 82.2 Å². The van der Waals surface area contributed by atoms with Crippen LogP contribution in [0.3, 0.4) is 0 Å². The summed E-state index contributed by atoms with van der Waals surface area (Å²) in [5, 5.41) is 12.9. The fraction of sp³-hybridized carbons (Fsp3) is 0.412. The van der Waals surface area contributed by atoms with Crippen molar-refractivity contribution in [2.24, 2.45) is 5.92 Å². The van der Waals surface area contributed by atoms with Crippen LogP contribution in [0.5, 0.6) is 0 Å². The zero-order valence-electron chi connectivity index (χ0n) is 12.6. The lowest BCUT2D eigenvalue weighted by Gasteiger charge is -2.13. The van der Waals surface area contributed by atoms with Crippen LogP contribution >= 0.6 is 0 Å². The fourth-order valence-electron chi connectivity index (χ4n) is 2.92. The third-order valence-corrected chi connectivity index (χ3v) is 4.30. The Bertz CT molecular complexity index is 716. The zero-order chi connectivity index (χ0) is 15.7. The molecule has 1 amide bonds. The van der Waals surface area contributed by atoms with Crippen LogP contribution in [0.2, 0.25) is 0 Å². The standard InChI is InChI=1S/C17H20N2O3/c1-2-10-4-3-5-13-12(9-18-15(10)13)8-14(20)19-16(17(21)22)11-6-7-11/h3-5,9,11,16,18H,2,6-8H2,1H3,(H,19,20)(H,21,22). The number of rotatable bonds is 6. The number of H-pyrrole nitrogens is 1. The van der Waals surface area contributed by atoms with Gasteiger partial charge in [-0.25, -0.2) is 4.79 Å². The molecule has 1 aromatic carbocycles. The molecule has 1 saturated carbocycles. The predicted molar refractivity (Wildman–Crippen MR) is 83.7 cm³/mol. The van der Waals surface area contributed by atoms with Gasteiger partial charge in [0.2, 0.25) is 5.91 Å². The van der Waals surface area contributed by atoms with Crippen LogP contribution in [0.25, 0.3) is 10.9 Å². The Balaban J connectivity index is 1.75. The molecule has 22 heavy (non-hydrogen) atoms. The van der Waals surface area contributed by atoms with E-state index in [4.69, 9.17) is 0 Å². The summed E-state index contributed by atoms with van der Waals surface area (Å²) in [7, 11) is 0. The number of aromatic amines is 1. The maximum Gasteiger partial charge on any atom is 0.326 e. The van der Waals surface area contributed by atoms with E-state index in [9.17, 15) is 14.7 Å². The van der Waals surface area contributed by atoms with Crippen molar-refractivity contribution in [1.29, 1.82) is 0 Å². The second kappa shape index (κ2) is 5.83. The second-order valence-electron chi connectivity index (χ2n) is 5.90. The van der Waals surface area contributed by atoms with Crippen molar-refractivity contribution in [3.63, 3.8) is 0 Å². The molecule has 5 heteroatoms. The van der Waals surface area contributed by atoms with E-state index in [1.54, 1.807) is 0 Å². The number of benzene rings is 1. The Labute approximate surface area is 128 Å². The minimum atomic E-state index is -0.942. The molecule has 1 unspecified atom stereocenters. The van der Waals surface area contributed by atoms with E-state index in [0.717, 1.165) is 35.7 Å². The third-order valence-electron chi connectivity index (χ3n) is 4.30. The number of aliphatic carboxylic acids is 1. The summed E-state index contributed by atoms with van der Waals surface area (Å²) in [5.74, 6) is -1.08. The van der Waals surface area contributed by atoms with Crippen molar-refractivity contribution in [2.75, 3.05) is 0 Å². The lowest BCUT2D eigenvalue weighted by atomic mass is 10.0. The van der Waals surface area contributed by atoms with Gasteiger partial charge in [-0.3, -0.25) is 4.79 Å². The molecular weight excluding hydrogens is 280 g/mol. The molecule has 0 bridgehead atoms. The number of fused-ring (bicyclic) bond motifs is 1. The van der Waals surface area contributed by atoms with E-state index >= 15 is 0 Å². The molecule has 1 heterocycles. The maximum atomic E-state index is 12.2. The van der Waals surface area contributed by atoms with Gasteiger partial charge in [0, 0.05) is 17.1 Å². The number of carboxylic acid groups (broad SMARTS) is 1. The van der Waals surface area contributed by atoms with Gasteiger partial charge in [-0.05, 0) is 36.3 Å². The predicted octanol–water partition coefficient (Wildman–Crippen LogP) is 2.25. The molecule has 0 aliphatic heterocycles. The molecule has 5 nitrogen and oxygen atoms in total. The quantitative estimate of drug-likeness (QED) is 0.765. The van der Waals surface area contributed by atoms with Gasteiger partial charge in [-0.15, -0.1) is 0 Å². The highest BCUT2D eigenvalue weighted by atomic mass is 16.4. The van der Waals surface area contributed by atoms with E-state index in [-0.39, 0.29) is 18.2 Å². The first-order valence-electron chi connectivity index (χ1n) is 7.70. The average Bonchev–Trinajstić information content (AvgIpc) is 3.26. The Kier molecular flexibility index (Phi) is 3.88. The molecule has 1 aliphatic rings. The van der Waals surface area contributed by atoms with E-state index in [0.29, 0.717) is 0 Å². The van der Waals surface area contributed by atoms with E-state index in [1.165, 1.54) is 5.56 Å². The van der Waals surface area contributed by atoms with Gasteiger partial charge >= 0.3 is 5.97 Å². The van der Waals surface area contributed by atoms with Gasteiger partial charge in [-0.2, -0.15) is 0 Å². The first-order valence-corrected chi connectivity index (χ1v) is 7.70. The van der Waals surface area contributed by atoms with E-state index in [1.807, 2.05) is 18.3 Å². The van der Waals surface area contributed by atoms with Crippen molar-refractivity contribution < 1.29 is 14.7 Å². The molecule has 0 spiro atoms. The Morgan fingerprint density at radius 3 is 2.77 bits per heavy atom. The lowest BCUT2D eigenvalue weighted by Crippen LogP contribution is -2.43. The van der Waals surface area contributed by atoms with Crippen LogP contribution in [-0.2, 0) is 22.4 Å². The lowest BCUT2D eigenvalue weighted by molar-refractivity contribution is -0.142. The summed E-state index contributed by atoms with van der Waals surface area (Å²) in [6.07, 6.45) is 4.72. The number of aryl methyl sites for hydroxylation is 1. The molecule has 1 aliphatic carbocycles. The number of nitrogens with one attached hydrogen (secondary N) is 2. The average molecular weight is 300 g/mol. The van der Waals surface area contributed by atoms with Crippen LogP contribution in [0.15, 0.2) is 24.4 Å². The number of hydrogen-bond acceptors (Lipinski definition) is 2. The first kappa shape index (κ1) is 14.6. The number of hydrogen-bond donors (Lipinski definition) is 3. The number of aromatic nitrogens is 1. The largest absolute Gasteiger partial charge is 0.480 e. The van der Waals surface area contributed by atoms with Gasteiger partial charge in [0.25, 0.3) is 0 Å². The first-order chi connectivity index (χ1) is 10.6. The van der Waals surface area contributed by atoms with Crippen molar-refractivity contribution in [1.82, 2.24) is 10.3 Å². The summed E-state index contributed by atoms with van der Waals surface area (Å²) in [6.45, 7) is 2.09. The van der Waals surface area contributed by atoms with Crippen molar-refractivity contribution in [3.05, 3.63) is 35.5 Å². The molecule has 116 valence electrons. The van der Waals surface area contributed by atoms with Crippen molar-refractivity contribution in [2.45, 2.75) is 38.6 Å². The molecule has 0 radical (unpaired) electrons. The van der Waals surface area contributed by atoms with Crippen molar-refractivity contribution in [3.8, 4) is 0 Å². The van der Waals surface area contributed by atoms with Gasteiger partial charge in [0.1, 0.15) is 6.04 Å². The van der Waals surface area contributed by atoms with Gasteiger partial charge in [0.15, 0.2) is 0 Å². The Hall–Kier alpha value is -2.30. The third kappa shape index (κ3) is 2.84. The van der Waals surface area contributed by atoms with Crippen LogP contribution in [-0.4, -0.2) is 28.0 Å². The molecule has 3 rings (SSSR count). The van der Waals surface area contributed by atoms with Crippen molar-refractivity contribution >= 4 is 22.8 Å². The highest BCUT2D eigenvalue weighted by Crippen LogP contribution is 2.32. The number of carboxylic acids is 1. The molecule has 2 aromatic rings. The number of carbonyl (C=O) groups excluding carboxylic acids is 1. The number of carbonyl (C=O) groups is 2. The summed E-state index contributed by atoms with van der Waals surface area (Å²) in [4.78, 5) is 26.6. The number of para-hydroxylation sites is 1. The van der Waals surface area contributed by atoms with Gasteiger partial charge in [-0.1, -0.05) is 25.1 Å². The molecule has 3 N–H and O–H groups in total. The monoisotopic (exact) mass is 300 g/mol. The highest BCUT2D eigenvalue weighted by molar-refractivity contribution is 5.92. The highest BCUT2D eigenvalue weighted by Gasteiger charge is 2.37. The second-order valence-corrected chi connectivity index (χ2v) is 5.90. The minimum Gasteiger partial charge on any atom is -0.480 e. The molecule has 1 fully saturated rings. The van der Waals surface area contributed by atoms with Crippen LogP contribution in [0.1, 0.15) is 30.9 Å². The summed E-state index contributed by atoms with van der Waals surface area (Å²) < 4.78 is 0. The molecule has 0 saturated heterocycles. The minimum absolute atomic E-state index is 0.0936. The Morgan fingerprint density at radius 1 is 1.36 bits per heavy atom. The molecule has 1 atom stereocenters. The number of amides is 1. The van der Waals surface area contributed by atoms with Crippen LogP contribution in [0.4, 0.5) is 0 Å². The summed E-state index contributed by atoms with van der Waals surface area (Å²) >= 11 is 0. The van der Waals surface area contributed by atoms with Gasteiger partial charge < -0.3 is 15.4 Å². The maximum absolute atomic E-state index is 12.2. The normalized spacial score (nSPS) is 15.7. The molecular formula is C17H20N2O3. The van der Waals surface area contributed by atoms with E-state index in [2.05, 4.69) is 23.3 Å². The van der Waals surface area contributed by atoms with Crippen LogP contribution in [0, 0.1) is 5.92 Å². The zero-order valence-corrected chi connectivity index (χ0v) is 12.6. The Morgan fingerprint density at radius 2 is 2.14 bits per heavy atom. The SMILES string of the molecule is CCc1cccc2c(CC(=O)NC(C(=O)O)C3CC3)c[nH]c12. The van der Waals surface area contributed by atoms with E-state index < -0.39 is 12.0 Å². The fourth-order valence-corrected chi connectivity index (χ4v) is 2.92. The smallest absolute Gasteiger partial charge is 0.326 e.